The van der Waals surface area contributed by atoms with E-state index in [1.807, 2.05) is 30.3 Å². The highest BCUT2D eigenvalue weighted by Crippen LogP contribution is 2.13. The van der Waals surface area contributed by atoms with Crippen molar-refractivity contribution in [1.82, 2.24) is 5.32 Å². The topological polar surface area (TPSA) is 58.6 Å². The quantitative estimate of drug-likeness (QED) is 0.855. The standard InChI is InChI=1S/C16H16FNO3/c17-13-6-8-14(9-7-13)21-11-16(20)18-15(10-19)12-4-2-1-3-5-12/h1-9,15,19H,10-11H2,(H,18,20)/t15-/m1/s1. The van der Waals surface area contributed by atoms with E-state index in [1.54, 1.807) is 0 Å². The molecule has 4 nitrogen and oxygen atoms in total. The summed E-state index contributed by atoms with van der Waals surface area (Å²) >= 11 is 0. The fourth-order valence-corrected chi connectivity index (χ4v) is 1.84. The molecule has 2 rings (SSSR count). The maximum atomic E-state index is 12.7. The first kappa shape index (κ1) is 15.0. The first-order valence-electron chi connectivity index (χ1n) is 6.52. The van der Waals surface area contributed by atoms with Crippen LogP contribution in [-0.4, -0.2) is 24.2 Å². The Morgan fingerprint density at radius 2 is 1.81 bits per heavy atom. The van der Waals surface area contributed by atoms with Crippen molar-refractivity contribution in [3.8, 4) is 5.75 Å². The lowest BCUT2D eigenvalue weighted by molar-refractivity contribution is -0.124. The Labute approximate surface area is 122 Å². The normalized spacial score (nSPS) is 11.7. The summed E-state index contributed by atoms with van der Waals surface area (Å²) in [5.74, 6) is -0.315. The second-order valence-corrected chi connectivity index (χ2v) is 4.46. The summed E-state index contributed by atoms with van der Waals surface area (Å²) < 4.78 is 18.0. The molecule has 0 aliphatic carbocycles. The molecular formula is C16H16FNO3. The highest BCUT2D eigenvalue weighted by molar-refractivity contribution is 5.78. The molecule has 0 bridgehead atoms. The minimum atomic E-state index is -0.476. The number of carbonyl (C=O) groups is 1. The molecule has 2 N–H and O–H groups in total. The van der Waals surface area contributed by atoms with Gasteiger partial charge in [-0.25, -0.2) is 4.39 Å². The van der Waals surface area contributed by atoms with Gasteiger partial charge in [0.05, 0.1) is 12.6 Å². The van der Waals surface area contributed by atoms with Crippen LogP contribution in [-0.2, 0) is 4.79 Å². The molecule has 0 aromatic heterocycles. The molecular weight excluding hydrogens is 273 g/mol. The van der Waals surface area contributed by atoms with Crippen molar-refractivity contribution in [2.75, 3.05) is 13.2 Å². The summed E-state index contributed by atoms with van der Waals surface area (Å²) in [6.45, 7) is -0.402. The molecule has 2 aromatic rings. The van der Waals surface area contributed by atoms with Crippen LogP contribution in [0.1, 0.15) is 11.6 Å². The Balaban J connectivity index is 1.87. The summed E-state index contributed by atoms with van der Waals surface area (Å²) in [7, 11) is 0. The number of aliphatic hydroxyl groups excluding tert-OH is 1. The molecule has 0 aliphatic rings. The van der Waals surface area contributed by atoms with Gasteiger partial charge in [-0.05, 0) is 29.8 Å². The fraction of sp³-hybridized carbons (Fsp3) is 0.188. The molecule has 0 radical (unpaired) electrons. The number of rotatable bonds is 6. The van der Waals surface area contributed by atoms with E-state index in [2.05, 4.69) is 5.32 Å². The average Bonchev–Trinajstić information content (AvgIpc) is 2.53. The zero-order valence-corrected chi connectivity index (χ0v) is 11.3. The third-order valence-electron chi connectivity index (χ3n) is 2.90. The van der Waals surface area contributed by atoms with Crippen molar-refractivity contribution in [2.24, 2.45) is 0 Å². The van der Waals surface area contributed by atoms with Crippen LogP contribution >= 0.6 is 0 Å². The maximum Gasteiger partial charge on any atom is 0.258 e. The molecule has 21 heavy (non-hydrogen) atoms. The molecule has 0 spiro atoms. The van der Waals surface area contributed by atoms with Crippen LogP contribution in [0, 0.1) is 5.82 Å². The Hall–Kier alpha value is -2.40. The van der Waals surface area contributed by atoms with Crippen LogP contribution in [0.15, 0.2) is 54.6 Å². The monoisotopic (exact) mass is 289 g/mol. The number of amides is 1. The molecule has 1 atom stereocenters. The summed E-state index contributed by atoms with van der Waals surface area (Å²) in [5.41, 5.74) is 0.815. The van der Waals surface area contributed by atoms with Crippen LogP contribution in [0.3, 0.4) is 0 Å². The zero-order chi connectivity index (χ0) is 15.1. The van der Waals surface area contributed by atoms with Gasteiger partial charge in [0.2, 0.25) is 0 Å². The van der Waals surface area contributed by atoms with Gasteiger partial charge in [-0.3, -0.25) is 4.79 Å². The smallest absolute Gasteiger partial charge is 0.258 e. The van der Waals surface area contributed by atoms with Gasteiger partial charge in [0.15, 0.2) is 6.61 Å². The van der Waals surface area contributed by atoms with E-state index in [9.17, 15) is 14.3 Å². The lowest BCUT2D eigenvalue weighted by Crippen LogP contribution is -2.34. The highest BCUT2D eigenvalue weighted by Gasteiger charge is 2.13. The lowest BCUT2D eigenvalue weighted by atomic mass is 10.1. The van der Waals surface area contributed by atoms with Crippen molar-refractivity contribution >= 4 is 5.91 Å². The third-order valence-corrected chi connectivity index (χ3v) is 2.90. The van der Waals surface area contributed by atoms with E-state index in [1.165, 1.54) is 24.3 Å². The SMILES string of the molecule is O=C(COc1ccc(F)cc1)N[C@H](CO)c1ccccc1. The third kappa shape index (κ3) is 4.57. The molecule has 2 aromatic carbocycles. The number of carbonyl (C=O) groups excluding carboxylic acids is 1. The number of hydrogen-bond acceptors (Lipinski definition) is 3. The summed E-state index contributed by atoms with van der Waals surface area (Å²) in [6.07, 6.45) is 0. The van der Waals surface area contributed by atoms with E-state index in [-0.39, 0.29) is 24.9 Å². The first-order chi connectivity index (χ1) is 10.2. The van der Waals surface area contributed by atoms with E-state index < -0.39 is 6.04 Å². The predicted octanol–water partition coefficient (Wildman–Crippen LogP) is 2.05. The van der Waals surface area contributed by atoms with Gasteiger partial charge in [0.1, 0.15) is 11.6 Å². The molecule has 110 valence electrons. The van der Waals surface area contributed by atoms with Crippen LogP contribution in [0.5, 0.6) is 5.75 Å². The van der Waals surface area contributed by atoms with Gasteiger partial charge in [-0.2, -0.15) is 0 Å². The Morgan fingerprint density at radius 1 is 1.14 bits per heavy atom. The fourth-order valence-electron chi connectivity index (χ4n) is 1.84. The van der Waals surface area contributed by atoms with E-state index >= 15 is 0 Å². The minimum absolute atomic E-state index is 0.199. The van der Waals surface area contributed by atoms with Gasteiger partial charge >= 0.3 is 0 Å². The van der Waals surface area contributed by atoms with Crippen LogP contribution in [0.4, 0.5) is 4.39 Å². The number of benzene rings is 2. The summed E-state index contributed by atoms with van der Waals surface area (Å²) in [4.78, 5) is 11.8. The number of aliphatic hydroxyl groups is 1. The Kier molecular flexibility index (Phi) is 5.29. The number of halogens is 1. The van der Waals surface area contributed by atoms with Gasteiger partial charge in [0, 0.05) is 0 Å². The van der Waals surface area contributed by atoms with Crippen LogP contribution in [0.25, 0.3) is 0 Å². The van der Waals surface area contributed by atoms with E-state index in [0.29, 0.717) is 5.75 Å². The maximum absolute atomic E-state index is 12.7. The minimum Gasteiger partial charge on any atom is -0.484 e. The molecule has 0 unspecified atom stereocenters. The first-order valence-corrected chi connectivity index (χ1v) is 6.52. The van der Waals surface area contributed by atoms with Gasteiger partial charge < -0.3 is 15.2 Å². The second-order valence-electron chi connectivity index (χ2n) is 4.46. The highest BCUT2D eigenvalue weighted by atomic mass is 19.1. The molecule has 0 heterocycles. The van der Waals surface area contributed by atoms with Crippen molar-refractivity contribution < 1.29 is 19.0 Å². The number of hydrogen-bond donors (Lipinski definition) is 2. The molecule has 0 saturated carbocycles. The van der Waals surface area contributed by atoms with Crippen LogP contribution in [0.2, 0.25) is 0 Å². The van der Waals surface area contributed by atoms with Crippen molar-refractivity contribution in [3.63, 3.8) is 0 Å². The van der Waals surface area contributed by atoms with Crippen LogP contribution < -0.4 is 10.1 Å². The zero-order valence-electron chi connectivity index (χ0n) is 11.3. The Bertz CT molecular complexity index is 572. The van der Waals surface area contributed by atoms with E-state index in [0.717, 1.165) is 5.56 Å². The van der Waals surface area contributed by atoms with Crippen molar-refractivity contribution in [2.45, 2.75) is 6.04 Å². The summed E-state index contributed by atoms with van der Waals surface area (Å²) in [5, 5.41) is 12.0. The predicted molar refractivity (Wildman–Crippen MR) is 76.3 cm³/mol. The molecule has 1 amide bonds. The van der Waals surface area contributed by atoms with Gasteiger partial charge in [-0.1, -0.05) is 30.3 Å². The molecule has 0 aliphatic heterocycles. The lowest BCUT2D eigenvalue weighted by Gasteiger charge is -2.16. The molecule has 0 fully saturated rings. The second kappa shape index (κ2) is 7.40. The van der Waals surface area contributed by atoms with Crippen molar-refractivity contribution in [3.05, 3.63) is 66.0 Å². The summed E-state index contributed by atoms with van der Waals surface area (Å²) in [6, 6.07) is 14.1. The van der Waals surface area contributed by atoms with E-state index in [4.69, 9.17) is 4.74 Å². The Morgan fingerprint density at radius 3 is 2.43 bits per heavy atom. The number of ether oxygens (including phenoxy) is 1. The molecule has 0 saturated heterocycles. The van der Waals surface area contributed by atoms with Gasteiger partial charge in [0.25, 0.3) is 5.91 Å². The number of nitrogens with one attached hydrogen (secondary N) is 1. The van der Waals surface area contributed by atoms with Gasteiger partial charge in [-0.15, -0.1) is 0 Å². The van der Waals surface area contributed by atoms with Crippen molar-refractivity contribution in [1.29, 1.82) is 0 Å². The largest absolute Gasteiger partial charge is 0.484 e. The average molecular weight is 289 g/mol. The molecule has 5 heteroatoms.